The molecule has 8 heteroatoms. The Bertz CT molecular complexity index is 771. The third kappa shape index (κ3) is 3.80. The lowest BCUT2D eigenvalue weighted by Crippen LogP contribution is -2.43. The molecule has 0 saturated carbocycles. The first-order valence-corrected chi connectivity index (χ1v) is 8.45. The molecule has 0 radical (unpaired) electrons. The van der Waals surface area contributed by atoms with Gasteiger partial charge in [-0.25, -0.2) is 4.68 Å². The molecule has 0 aliphatic carbocycles. The van der Waals surface area contributed by atoms with E-state index < -0.39 is 17.4 Å². The van der Waals surface area contributed by atoms with Gasteiger partial charge in [-0.2, -0.15) is 5.10 Å². The van der Waals surface area contributed by atoms with Gasteiger partial charge in [-0.1, -0.05) is 29.3 Å². The third-order valence-electron chi connectivity index (χ3n) is 3.69. The van der Waals surface area contributed by atoms with Gasteiger partial charge in [-0.05, 0) is 38.5 Å². The van der Waals surface area contributed by atoms with Crippen LogP contribution in [0, 0.1) is 0 Å². The maximum absolute atomic E-state index is 12.5. The number of ether oxygens (including phenoxy) is 2. The molecular formula is C17H18Cl2N2O4. The fourth-order valence-corrected chi connectivity index (χ4v) is 2.71. The molecule has 0 N–H and O–H groups in total. The number of benzene rings is 1. The highest BCUT2D eigenvalue weighted by Gasteiger charge is 2.46. The van der Waals surface area contributed by atoms with Crippen molar-refractivity contribution < 1.29 is 19.1 Å². The van der Waals surface area contributed by atoms with Crippen molar-refractivity contribution in [1.29, 1.82) is 0 Å². The quantitative estimate of drug-likeness (QED) is 0.562. The number of halogens is 2. The van der Waals surface area contributed by atoms with Crippen LogP contribution in [0.1, 0.15) is 26.3 Å². The minimum absolute atomic E-state index is 0.144. The first kappa shape index (κ1) is 19.3. The van der Waals surface area contributed by atoms with E-state index in [-0.39, 0.29) is 13.2 Å². The van der Waals surface area contributed by atoms with Crippen LogP contribution >= 0.6 is 23.2 Å². The van der Waals surface area contributed by atoms with Crippen LogP contribution in [-0.2, 0) is 24.5 Å². The van der Waals surface area contributed by atoms with E-state index in [9.17, 15) is 9.59 Å². The van der Waals surface area contributed by atoms with Crippen LogP contribution in [0.25, 0.3) is 5.69 Å². The van der Waals surface area contributed by atoms with Crippen LogP contribution in [0.2, 0.25) is 10.0 Å². The van der Waals surface area contributed by atoms with Crippen molar-refractivity contribution in [2.45, 2.75) is 26.2 Å². The summed E-state index contributed by atoms with van der Waals surface area (Å²) in [6.45, 7) is 5.08. The average molecular weight is 385 g/mol. The maximum atomic E-state index is 12.5. The SMILES string of the molecule is CCOC(=O)C(C)(C(=O)OCC)c1ccc(-n2cc(Cl)cn2)c(Cl)c1. The van der Waals surface area contributed by atoms with Gasteiger partial charge in [0.05, 0.1) is 35.1 Å². The normalized spacial score (nSPS) is 11.2. The van der Waals surface area contributed by atoms with Gasteiger partial charge in [0.2, 0.25) is 0 Å². The molecule has 1 heterocycles. The minimum atomic E-state index is -1.62. The van der Waals surface area contributed by atoms with E-state index in [0.717, 1.165) is 0 Å². The fraction of sp³-hybridized carbons (Fsp3) is 0.353. The predicted molar refractivity (Wildman–Crippen MR) is 94.2 cm³/mol. The molecule has 1 aromatic carbocycles. The molecule has 25 heavy (non-hydrogen) atoms. The van der Waals surface area contributed by atoms with Crippen LogP contribution in [0.4, 0.5) is 0 Å². The van der Waals surface area contributed by atoms with Gasteiger partial charge in [0.25, 0.3) is 0 Å². The molecule has 1 aromatic heterocycles. The van der Waals surface area contributed by atoms with Gasteiger partial charge in [0.1, 0.15) is 0 Å². The second kappa shape index (κ2) is 7.89. The molecule has 0 unspecified atom stereocenters. The van der Waals surface area contributed by atoms with Crippen LogP contribution in [0.3, 0.4) is 0 Å². The molecule has 0 amide bonds. The molecule has 6 nitrogen and oxygen atoms in total. The van der Waals surface area contributed by atoms with Gasteiger partial charge in [0.15, 0.2) is 5.41 Å². The van der Waals surface area contributed by atoms with Crippen molar-refractivity contribution in [3.05, 3.63) is 46.2 Å². The summed E-state index contributed by atoms with van der Waals surface area (Å²) in [6.07, 6.45) is 3.07. The Hall–Kier alpha value is -2.05. The highest BCUT2D eigenvalue weighted by Crippen LogP contribution is 2.32. The Morgan fingerprint density at radius 2 is 1.76 bits per heavy atom. The van der Waals surface area contributed by atoms with Crippen LogP contribution < -0.4 is 0 Å². The second-order valence-electron chi connectivity index (χ2n) is 5.34. The number of nitrogens with zero attached hydrogens (tertiary/aromatic N) is 2. The standard InChI is InChI=1S/C17H18Cl2N2O4/c1-4-24-15(22)17(3,16(23)25-5-2)11-6-7-14(13(19)8-11)21-10-12(18)9-20-21/h6-10H,4-5H2,1-3H3. The van der Waals surface area contributed by atoms with Crippen molar-refractivity contribution in [3.63, 3.8) is 0 Å². The van der Waals surface area contributed by atoms with Gasteiger partial charge < -0.3 is 9.47 Å². The van der Waals surface area contributed by atoms with Gasteiger partial charge in [-0.3, -0.25) is 9.59 Å². The lowest BCUT2D eigenvalue weighted by Gasteiger charge is -2.26. The lowest BCUT2D eigenvalue weighted by atomic mass is 9.82. The largest absolute Gasteiger partial charge is 0.465 e. The second-order valence-corrected chi connectivity index (χ2v) is 6.18. The van der Waals surface area contributed by atoms with Crippen molar-refractivity contribution >= 4 is 35.1 Å². The molecule has 0 saturated heterocycles. The summed E-state index contributed by atoms with van der Waals surface area (Å²) < 4.78 is 11.6. The van der Waals surface area contributed by atoms with E-state index in [2.05, 4.69) is 5.10 Å². The summed E-state index contributed by atoms with van der Waals surface area (Å²) in [6, 6.07) is 4.79. The average Bonchev–Trinajstić information content (AvgIpc) is 3.00. The van der Waals surface area contributed by atoms with Crippen LogP contribution in [0.15, 0.2) is 30.6 Å². The summed E-state index contributed by atoms with van der Waals surface area (Å²) in [5.41, 5.74) is -0.681. The molecule has 0 aliphatic heterocycles. The maximum Gasteiger partial charge on any atom is 0.327 e. The molecule has 0 aliphatic rings. The molecular weight excluding hydrogens is 367 g/mol. The molecule has 0 atom stereocenters. The zero-order chi connectivity index (χ0) is 18.6. The summed E-state index contributed by atoms with van der Waals surface area (Å²) in [7, 11) is 0. The summed E-state index contributed by atoms with van der Waals surface area (Å²) >= 11 is 12.2. The van der Waals surface area contributed by atoms with Crippen molar-refractivity contribution in [2.24, 2.45) is 0 Å². The third-order valence-corrected chi connectivity index (χ3v) is 4.19. The number of rotatable bonds is 6. The molecule has 0 fully saturated rings. The van der Waals surface area contributed by atoms with Gasteiger partial charge >= 0.3 is 11.9 Å². The number of esters is 2. The molecule has 134 valence electrons. The van der Waals surface area contributed by atoms with Crippen molar-refractivity contribution in [1.82, 2.24) is 9.78 Å². The number of carbonyl (C=O) groups is 2. The highest BCUT2D eigenvalue weighted by atomic mass is 35.5. The Kier molecular flexibility index (Phi) is 6.08. The number of aromatic nitrogens is 2. The highest BCUT2D eigenvalue weighted by molar-refractivity contribution is 6.32. The van der Waals surface area contributed by atoms with Crippen LogP contribution in [0.5, 0.6) is 0 Å². The number of hydrogen-bond donors (Lipinski definition) is 0. The van der Waals surface area contributed by atoms with E-state index in [1.165, 1.54) is 23.9 Å². The van der Waals surface area contributed by atoms with Gasteiger partial charge in [0, 0.05) is 6.20 Å². The van der Waals surface area contributed by atoms with E-state index in [1.807, 2.05) is 0 Å². The summed E-state index contributed by atoms with van der Waals surface area (Å²) in [4.78, 5) is 24.9. The van der Waals surface area contributed by atoms with Crippen molar-refractivity contribution in [2.75, 3.05) is 13.2 Å². The van der Waals surface area contributed by atoms with E-state index in [0.29, 0.717) is 21.3 Å². The number of carbonyl (C=O) groups excluding carboxylic acids is 2. The molecule has 0 spiro atoms. The first-order valence-electron chi connectivity index (χ1n) is 7.69. The molecule has 0 bridgehead atoms. The molecule has 2 aromatic rings. The monoisotopic (exact) mass is 384 g/mol. The lowest BCUT2D eigenvalue weighted by molar-refractivity contribution is -0.163. The Morgan fingerprint density at radius 3 is 2.20 bits per heavy atom. The fourth-order valence-electron chi connectivity index (χ4n) is 2.31. The zero-order valence-electron chi connectivity index (χ0n) is 14.1. The smallest absolute Gasteiger partial charge is 0.327 e. The zero-order valence-corrected chi connectivity index (χ0v) is 15.6. The number of hydrogen-bond acceptors (Lipinski definition) is 5. The predicted octanol–water partition coefficient (Wildman–Crippen LogP) is 3.56. The van der Waals surface area contributed by atoms with Crippen molar-refractivity contribution in [3.8, 4) is 5.69 Å². The Balaban J connectivity index is 2.49. The van der Waals surface area contributed by atoms with Crippen LogP contribution in [-0.4, -0.2) is 34.9 Å². The van der Waals surface area contributed by atoms with E-state index in [4.69, 9.17) is 32.7 Å². The Morgan fingerprint density at radius 1 is 1.16 bits per heavy atom. The topological polar surface area (TPSA) is 70.4 Å². The first-order chi connectivity index (χ1) is 11.8. The Labute approximate surface area is 155 Å². The minimum Gasteiger partial charge on any atom is -0.465 e. The summed E-state index contributed by atoms with van der Waals surface area (Å²) in [5.74, 6) is -1.39. The summed E-state index contributed by atoms with van der Waals surface area (Å²) in [5, 5.41) is 4.85. The van der Waals surface area contributed by atoms with E-state index >= 15 is 0 Å². The van der Waals surface area contributed by atoms with E-state index in [1.54, 1.807) is 32.2 Å². The molecule has 2 rings (SSSR count). The van der Waals surface area contributed by atoms with Gasteiger partial charge in [-0.15, -0.1) is 0 Å².